The molecule has 0 radical (unpaired) electrons. The Hall–Kier alpha value is -1.55. The second-order valence-electron chi connectivity index (χ2n) is 5.96. The van der Waals surface area contributed by atoms with Crippen LogP contribution in [0.25, 0.3) is 0 Å². The van der Waals surface area contributed by atoms with E-state index in [2.05, 4.69) is 30.9 Å². The van der Waals surface area contributed by atoms with Crippen LogP contribution in [-0.4, -0.2) is 41.7 Å². The van der Waals surface area contributed by atoms with Gasteiger partial charge in [-0.3, -0.25) is 9.69 Å². The van der Waals surface area contributed by atoms with Gasteiger partial charge in [-0.2, -0.15) is 0 Å². The van der Waals surface area contributed by atoms with E-state index < -0.39 is 5.97 Å². The molecule has 0 aliphatic carbocycles. The fourth-order valence-electron chi connectivity index (χ4n) is 2.91. The summed E-state index contributed by atoms with van der Waals surface area (Å²) in [5.41, 5.74) is 2.51. The molecule has 1 heterocycles. The van der Waals surface area contributed by atoms with Crippen LogP contribution in [0.2, 0.25) is 0 Å². The van der Waals surface area contributed by atoms with Crippen LogP contribution in [-0.2, 0) is 4.79 Å². The number of nitrogens with zero attached hydrogens (tertiary/aromatic N) is 1. The predicted molar refractivity (Wildman–Crippen MR) is 82.8 cm³/mol. The van der Waals surface area contributed by atoms with Gasteiger partial charge in [-0.1, -0.05) is 6.07 Å². The van der Waals surface area contributed by atoms with Crippen molar-refractivity contribution in [2.45, 2.75) is 39.7 Å². The van der Waals surface area contributed by atoms with Crippen LogP contribution in [0.3, 0.4) is 0 Å². The van der Waals surface area contributed by atoms with E-state index in [0.29, 0.717) is 6.61 Å². The van der Waals surface area contributed by atoms with Crippen molar-refractivity contribution in [3.8, 4) is 5.75 Å². The largest absolute Gasteiger partial charge is 0.494 e. The number of carbonyl (C=O) groups is 1. The third kappa shape index (κ3) is 3.97. The van der Waals surface area contributed by atoms with Crippen molar-refractivity contribution in [1.82, 2.24) is 4.90 Å². The molecule has 0 saturated carbocycles. The van der Waals surface area contributed by atoms with E-state index in [1.54, 1.807) is 0 Å². The summed E-state index contributed by atoms with van der Waals surface area (Å²) in [5, 5.41) is 9.12. The second-order valence-corrected chi connectivity index (χ2v) is 5.96. The normalized spacial score (nSPS) is 22.4. The molecule has 21 heavy (non-hydrogen) atoms. The lowest BCUT2D eigenvalue weighted by molar-refractivity contribution is -0.142. The molecule has 1 saturated heterocycles. The highest BCUT2D eigenvalue weighted by molar-refractivity contribution is 5.71. The maximum atomic E-state index is 11.1. The molecule has 2 atom stereocenters. The van der Waals surface area contributed by atoms with Crippen LogP contribution in [0.4, 0.5) is 0 Å². The van der Waals surface area contributed by atoms with Gasteiger partial charge in [0.15, 0.2) is 0 Å². The molecule has 4 heteroatoms. The zero-order valence-corrected chi connectivity index (χ0v) is 13.1. The molecule has 0 aromatic heterocycles. The summed E-state index contributed by atoms with van der Waals surface area (Å²) in [7, 11) is 0. The number of aryl methyl sites for hydroxylation is 2. The first kappa shape index (κ1) is 15.8. The fourth-order valence-corrected chi connectivity index (χ4v) is 2.91. The van der Waals surface area contributed by atoms with Crippen molar-refractivity contribution in [1.29, 1.82) is 0 Å². The maximum absolute atomic E-state index is 11.1. The van der Waals surface area contributed by atoms with E-state index in [0.717, 1.165) is 31.7 Å². The van der Waals surface area contributed by atoms with Crippen molar-refractivity contribution < 1.29 is 14.6 Å². The Morgan fingerprint density at radius 2 is 2.14 bits per heavy atom. The third-order valence-corrected chi connectivity index (χ3v) is 4.54. The molecule has 1 aliphatic rings. The van der Waals surface area contributed by atoms with Gasteiger partial charge in [-0.05, 0) is 63.4 Å². The molecule has 2 rings (SSSR count). The second kappa shape index (κ2) is 6.94. The Morgan fingerprint density at radius 3 is 2.76 bits per heavy atom. The Morgan fingerprint density at radius 1 is 1.38 bits per heavy atom. The van der Waals surface area contributed by atoms with Crippen molar-refractivity contribution in [3.63, 3.8) is 0 Å². The first-order valence-electron chi connectivity index (χ1n) is 7.66. The minimum Gasteiger partial charge on any atom is -0.494 e. The molecule has 0 spiro atoms. The quantitative estimate of drug-likeness (QED) is 0.819. The highest BCUT2D eigenvalue weighted by Gasteiger charge is 2.34. The number of aliphatic carboxylic acids is 1. The Bertz CT molecular complexity index is 501. The Labute approximate surface area is 126 Å². The number of ether oxygens (including phenoxy) is 1. The average molecular weight is 291 g/mol. The van der Waals surface area contributed by atoms with Crippen LogP contribution in [0.15, 0.2) is 18.2 Å². The lowest BCUT2D eigenvalue weighted by Crippen LogP contribution is -2.34. The zero-order valence-electron chi connectivity index (χ0n) is 13.1. The molecule has 0 amide bonds. The average Bonchev–Trinajstić information content (AvgIpc) is 2.80. The maximum Gasteiger partial charge on any atom is 0.308 e. The standard InChI is InChI=1S/C17H25NO3/c1-12-5-6-15(11-13(12)2)21-10-4-8-18-9-7-16(14(18)3)17(19)20/h5-6,11,14,16H,4,7-10H2,1-3H3,(H,19,20). The smallest absolute Gasteiger partial charge is 0.308 e. The molecular formula is C17H25NO3. The summed E-state index contributed by atoms with van der Waals surface area (Å²) in [6, 6.07) is 6.27. The monoisotopic (exact) mass is 291 g/mol. The number of benzene rings is 1. The molecule has 1 fully saturated rings. The van der Waals surface area contributed by atoms with Crippen molar-refractivity contribution in [3.05, 3.63) is 29.3 Å². The van der Waals surface area contributed by atoms with E-state index in [4.69, 9.17) is 9.84 Å². The summed E-state index contributed by atoms with van der Waals surface area (Å²) in [6.45, 7) is 8.63. The van der Waals surface area contributed by atoms with Gasteiger partial charge in [0.1, 0.15) is 5.75 Å². The minimum absolute atomic E-state index is 0.129. The number of hydrogen-bond donors (Lipinski definition) is 1. The first-order valence-corrected chi connectivity index (χ1v) is 7.66. The summed E-state index contributed by atoms with van der Waals surface area (Å²) in [6.07, 6.45) is 1.68. The summed E-state index contributed by atoms with van der Waals surface area (Å²) in [5.74, 6) is 0.0260. The van der Waals surface area contributed by atoms with Gasteiger partial charge in [0.2, 0.25) is 0 Å². The van der Waals surface area contributed by atoms with E-state index in [-0.39, 0.29) is 12.0 Å². The molecule has 1 aliphatic heterocycles. The molecule has 116 valence electrons. The van der Waals surface area contributed by atoms with Gasteiger partial charge in [-0.25, -0.2) is 0 Å². The summed E-state index contributed by atoms with van der Waals surface area (Å²) < 4.78 is 5.77. The van der Waals surface area contributed by atoms with Crippen LogP contribution >= 0.6 is 0 Å². The number of carboxylic acids is 1. The van der Waals surface area contributed by atoms with Crippen molar-refractivity contribution >= 4 is 5.97 Å². The van der Waals surface area contributed by atoms with E-state index >= 15 is 0 Å². The van der Waals surface area contributed by atoms with Gasteiger partial charge in [0, 0.05) is 12.6 Å². The van der Waals surface area contributed by atoms with E-state index in [1.165, 1.54) is 11.1 Å². The highest BCUT2D eigenvalue weighted by Crippen LogP contribution is 2.24. The number of likely N-dealkylation sites (tertiary alicyclic amines) is 1. The molecule has 2 unspecified atom stereocenters. The van der Waals surface area contributed by atoms with Crippen molar-refractivity contribution in [2.75, 3.05) is 19.7 Å². The molecule has 0 bridgehead atoms. The summed E-state index contributed by atoms with van der Waals surface area (Å²) >= 11 is 0. The topological polar surface area (TPSA) is 49.8 Å². The fraction of sp³-hybridized carbons (Fsp3) is 0.588. The number of rotatable bonds is 6. The lowest BCUT2D eigenvalue weighted by atomic mass is 10.0. The third-order valence-electron chi connectivity index (χ3n) is 4.54. The number of carboxylic acid groups (broad SMARTS) is 1. The van der Waals surface area contributed by atoms with Gasteiger partial charge in [-0.15, -0.1) is 0 Å². The highest BCUT2D eigenvalue weighted by atomic mass is 16.5. The molecule has 1 aromatic carbocycles. The molecular weight excluding hydrogens is 266 g/mol. The van der Waals surface area contributed by atoms with Gasteiger partial charge in [0.25, 0.3) is 0 Å². The van der Waals surface area contributed by atoms with Crippen molar-refractivity contribution in [2.24, 2.45) is 5.92 Å². The Balaban J connectivity index is 1.73. The van der Waals surface area contributed by atoms with Crippen LogP contribution in [0.1, 0.15) is 30.9 Å². The zero-order chi connectivity index (χ0) is 15.4. The van der Waals surface area contributed by atoms with E-state index in [9.17, 15) is 4.79 Å². The lowest BCUT2D eigenvalue weighted by Gasteiger charge is -2.22. The van der Waals surface area contributed by atoms with Gasteiger partial charge >= 0.3 is 5.97 Å². The molecule has 4 nitrogen and oxygen atoms in total. The van der Waals surface area contributed by atoms with Crippen LogP contribution in [0, 0.1) is 19.8 Å². The minimum atomic E-state index is -0.670. The molecule has 1 N–H and O–H groups in total. The van der Waals surface area contributed by atoms with Crippen LogP contribution in [0.5, 0.6) is 5.75 Å². The first-order chi connectivity index (χ1) is 9.99. The predicted octanol–water partition coefficient (Wildman–Crippen LogP) is 2.87. The van der Waals surface area contributed by atoms with Gasteiger partial charge in [0.05, 0.1) is 12.5 Å². The van der Waals surface area contributed by atoms with Crippen LogP contribution < -0.4 is 4.74 Å². The molecule has 1 aromatic rings. The van der Waals surface area contributed by atoms with Gasteiger partial charge < -0.3 is 9.84 Å². The van der Waals surface area contributed by atoms with E-state index in [1.807, 2.05) is 13.0 Å². The SMILES string of the molecule is Cc1ccc(OCCCN2CCC(C(=O)O)C2C)cc1C. The summed E-state index contributed by atoms with van der Waals surface area (Å²) in [4.78, 5) is 13.3. The Kier molecular flexibility index (Phi) is 5.23. The number of hydrogen-bond acceptors (Lipinski definition) is 3.